The van der Waals surface area contributed by atoms with E-state index in [1.165, 1.54) is 12.6 Å². The molecule has 4 rings (SSSR count). The topological polar surface area (TPSA) is 102 Å². The third kappa shape index (κ3) is 3.64. The van der Waals surface area contributed by atoms with Crippen LogP contribution in [-0.4, -0.2) is 21.2 Å². The molecule has 1 saturated carbocycles. The lowest BCUT2D eigenvalue weighted by Gasteiger charge is -2.31. The predicted molar refractivity (Wildman–Crippen MR) is 101 cm³/mol. The summed E-state index contributed by atoms with van der Waals surface area (Å²) in [4.78, 5) is 37.5. The minimum Gasteiger partial charge on any atom is -0.448 e. The van der Waals surface area contributed by atoms with E-state index in [1.807, 2.05) is 0 Å². The molecule has 27 heavy (non-hydrogen) atoms. The van der Waals surface area contributed by atoms with Gasteiger partial charge in [0.15, 0.2) is 11.5 Å². The number of nitrogens with zero attached hydrogens (tertiary/aromatic N) is 1. The minimum atomic E-state index is -0.650. The number of aromatic amines is 1. The van der Waals surface area contributed by atoms with Crippen LogP contribution in [0.25, 0.3) is 0 Å². The van der Waals surface area contributed by atoms with E-state index >= 15 is 0 Å². The predicted octanol–water partition coefficient (Wildman–Crippen LogP) is 2.37. The summed E-state index contributed by atoms with van der Waals surface area (Å²) in [5.74, 6) is 0.315. The Balaban J connectivity index is 1.46. The molecular formula is C18H18BrN3O5. The zero-order valence-corrected chi connectivity index (χ0v) is 16.0. The number of H-pyrrole nitrogens is 1. The van der Waals surface area contributed by atoms with E-state index < -0.39 is 22.9 Å². The SMILES string of the molecule is O=C(Cn1cc(Br)c(=O)[nH]c1=O)Nc1ccc2c(c1)OC1(CCCCC1)O2. The van der Waals surface area contributed by atoms with E-state index in [1.54, 1.807) is 18.2 Å². The number of hydrogen-bond acceptors (Lipinski definition) is 5. The molecule has 9 heteroatoms. The number of fused-ring (bicyclic) bond motifs is 1. The highest BCUT2D eigenvalue weighted by Crippen LogP contribution is 2.46. The summed E-state index contributed by atoms with van der Waals surface area (Å²) in [6.45, 7) is -0.230. The van der Waals surface area contributed by atoms with Crippen molar-refractivity contribution in [3.63, 3.8) is 0 Å². The highest BCUT2D eigenvalue weighted by molar-refractivity contribution is 9.10. The van der Waals surface area contributed by atoms with Crippen LogP contribution in [0, 0.1) is 0 Å². The molecule has 2 aliphatic rings. The molecule has 0 radical (unpaired) electrons. The van der Waals surface area contributed by atoms with Gasteiger partial charge in [-0.05, 0) is 40.9 Å². The fourth-order valence-corrected chi connectivity index (χ4v) is 3.77. The highest BCUT2D eigenvalue weighted by atomic mass is 79.9. The summed E-state index contributed by atoms with van der Waals surface area (Å²) in [7, 11) is 0. The van der Waals surface area contributed by atoms with Gasteiger partial charge in [-0.1, -0.05) is 6.42 Å². The van der Waals surface area contributed by atoms with E-state index in [0.29, 0.717) is 17.2 Å². The lowest BCUT2D eigenvalue weighted by Crippen LogP contribution is -2.40. The molecule has 0 bridgehead atoms. The van der Waals surface area contributed by atoms with Crippen molar-refractivity contribution in [2.24, 2.45) is 0 Å². The number of benzene rings is 1. The van der Waals surface area contributed by atoms with Crippen molar-refractivity contribution in [3.05, 3.63) is 49.7 Å². The Bertz CT molecular complexity index is 1010. The van der Waals surface area contributed by atoms with Gasteiger partial charge in [-0.2, -0.15) is 0 Å². The summed E-state index contributed by atoms with van der Waals surface area (Å²) in [5, 5.41) is 2.73. The molecule has 1 fully saturated rings. The molecule has 8 nitrogen and oxygen atoms in total. The van der Waals surface area contributed by atoms with Gasteiger partial charge >= 0.3 is 5.69 Å². The van der Waals surface area contributed by atoms with Gasteiger partial charge < -0.3 is 14.8 Å². The van der Waals surface area contributed by atoms with E-state index in [4.69, 9.17) is 9.47 Å². The summed E-state index contributed by atoms with van der Waals surface area (Å²) < 4.78 is 13.4. The van der Waals surface area contributed by atoms with Crippen LogP contribution in [-0.2, 0) is 11.3 Å². The van der Waals surface area contributed by atoms with Gasteiger partial charge in [0.25, 0.3) is 11.3 Å². The third-order valence-electron chi connectivity index (χ3n) is 4.72. The maximum atomic E-state index is 12.3. The average Bonchev–Trinajstić information content (AvgIpc) is 2.96. The molecule has 0 saturated heterocycles. The van der Waals surface area contributed by atoms with E-state index in [-0.39, 0.29) is 11.0 Å². The Labute approximate surface area is 162 Å². The lowest BCUT2D eigenvalue weighted by atomic mass is 9.94. The van der Waals surface area contributed by atoms with Crippen molar-refractivity contribution in [3.8, 4) is 11.5 Å². The van der Waals surface area contributed by atoms with E-state index in [0.717, 1.165) is 30.3 Å². The zero-order valence-electron chi connectivity index (χ0n) is 14.4. The summed E-state index contributed by atoms with van der Waals surface area (Å²) in [5.41, 5.74) is -0.640. The summed E-state index contributed by atoms with van der Waals surface area (Å²) in [6.07, 6.45) is 6.32. The van der Waals surface area contributed by atoms with Crippen molar-refractivity contribution in [1.29, 1.82) is 0 Å². The van der Waals surface area contributed by atoms with Gasteiger partial charge in [-0.15, -0.1) is 0 Å². The molecule has 0 unspecified atom stereocenters. The summed E-state index contributed by atoms with van der Waals surface area (Å²) in [6, 6.07) is 5.23. The third-order valence-corrected chi connectivity index (χ3v) is 5.28. The highest BCUT2D eigenvalue weighted by Gasteiger charge is 2.42. The second-order valence-corrected chi connectivity index (χ2v) is 7.60. The van der Waals surface area contributed by atoms with Gasteiger partial charge in [0.05, 0.1) is 4.47 Å². The number of halogens is 1. The first kappa shape index (κ1) is 17.8. The molecular weight excluding hydrogens is 418 g/mol. The van der Waals surface area contributed by atoms with Crippen LogP contribution >= 0.6 is 15.9 Å². The van der Waals surface area contributed by atoms with Crippen LogP contribution in [0.4, 0.5) is 5.69 Å². The maximum Gasteiger partial charge on any atom is 0.328 e. The van der Waals surface area contributed by atoms with Gasteiger partial charge in [0.1, 0.15) is 6.54 Å². The number of rotatable bonds is 3. The number of aromatic nitrogens is 2. The zero-order chi connectivity index (χ0) is 19.0. The minimum absolute atomic E-state index is 0.177. The molecule has 0 atom stereocenters. The second kappa shape index (κ2) is 6.88. The number of nitrogens with one attached hydrogen (secondary N) is 2. The van der Waals surface area contributed by atoms with Crippen LogP contribution in [0.2, 0.25) is 0 Å². The largest absolute Gasteiger partial charge is 0.448 e. The van der Waals surface area contributed by atoms with Gasteiger partial charge in [-0.25, -0.2) is 4.79 Å². The number of ether oxygens (including phenoxy) is 2. The Morgan fingerprint density at radius 2 is 1.93 bits per heavy atom. The van der Waals surface area contributed by atoms with Crippen molar-refractivity contribution in [2.45, 2.75) is 44.4 Å². The molecule has 1 aromatic heterocycles. The number of hydrogen-bond donors (Lipinski definition) is 2. The van der Waals surface area contributed by atoms with Crippen LogP contribution < -0.4 is 26.0 Å². The second-order valence-electron chi connectivity index (χ2n) is 6.75. The maximum absolute atomic E-state index is 12.3. The van der Waals surface area contributed by atoms with Crippen LogP contribution in [0.1, 0.15) is 32.1 Å². The molecule has 1 amide bonds. The molecule has 2 aromatic rings. The molecule has 2 heterocycles. The Kier molecular flexibility index (Phi) is 4.55. The summed E-state index contributed by atoms with van der Waals surface area (Å²) >= 11 is 3.04. The van der Waals surface area contributed by atoms with Gasteiger partial charge in [0.2, 0.25) is 5.91 Å². The molecule has 2 N–H and O–H groups in total. The fourth-order valence-electron chi connectivity index (χ4n) is 3.42. The van der Waals surface area contributed by atoms with Crippen molar-refractivity contribution >= 4 is 27.5 Å². The van der Waals surface area contributed by atoms with Crippen molar-refractivity contribution in [1.82, 2.24) is 9.55 Å². The van der Waals surface area contributed by atoms with Crippen LogP contribution in [0.15, 0.2) is 38.5 Å². The van der Waals surface area contributed by atoms with E-state index in [9.17, 15) is 14.4 Å². The van der Waals surface area contributed by atoms with Crippen LogP contribution in [0.3, 0.4) is 0 Å². The number of carbonyl (C=O) groups is 1. The van der Waals surface area contributed by atoms with Crippen molar-refractivity contribution < 1.29 is 14.3 Å². The van der Waals surface area contributed by atoms with Gasteiger partial charge in [-0.3, -0.25) is 19.1 Å². The molecule has 1 spiro atoms. The Morgan fingerprint density at radius 3 is 2.70 bits per heavy atom. The first-order chi connectivity index (χ1) is 12.9. The quantitative estimate of drug-likeness (QED) is 0.770. The molecule has 1 aliphatic carbocycles. The average molecular weight is 436 g/mol. The Hall–Kier alpha value is -2.55. The lowest BCUT2D eigenvalue weighted by molar-refractivity contribution is -0.116. The number of carbonyl (C=O) groups excluding carboxylic acids is 1. The first-order valence-corrected chi connectivity index (χ1v) is 9.55. The van der Waals surface area contributed by atoms with E-state index in [2.05, 4.69) is 26.2 Å². The number of anilines is 1. The monoisotopic (exact) mass is 435 g/mol. The Morgan fingerprint density at radius 1 is 1.19 bits per heavy atom. The molecule has 142 valence electrons. The first-order valence-electron chi connectivity index (χ1n) is 8.75. The van der Waals surface area contributed by atoms with Gasteiger partial charge in [0, 0.05) is 30.8 Å². The smallest absolute Gasteiger partial charge is 0.328 e. The number of amides is 1. The fraction of sp³-hybridized carbons (Fsp3) is 0.389. The molecule has 1 aliphatic heterocycles. The normalized spacial score (nSPS) is 17.1. The van der Waals surface area contributed by atoms with Crippen molar-refractivity contribution in [2.75, 3.05) is 5.32 Å². The standard InChI is InChI=1S/C18H18BrN3O5/c19-12-9-22(17(25)21-16(12)24)10-15(23)20-11-4-5-13-14(8-11)27-18(26-13)6-2-1-3-7-18/h4-5,8-9H,1-3,6-7,10H2,(H,20,23)(H,21,24,25). The van der Waals surface area contributed by atoms with Crippen LogP contribution in [0.5, 0.6) is 11.5 Å². The molecule has 1 aromatic carbocycles.